The number of carbonyl (C=O) groups excluding carboxylic acids is 4. The van der Waals surface area contributed by atoms with Crippen LogP contribution in [0.15, 0.2) is 0 Å². The van der Waals surface area contributed by atoms with Crippen LogP contribution in [-0.4, -0.2) is 42.8 Å². The summed E-state index contributed by atoms with van der Waals surface area (Å²) >= 11 is 0. The van der Waals surface area contributed by atoms with Crippen LogP contribution in [0.1, 0.15) is 20.8 Å². The van der Waals surface area contributed by atoms with Crippen LogP contribution >= 0.6 is 0 Å². The highest BCUT2D eigenvalue weighted by atomic mass is 16.5. The lowest BCUT2D eigenvalue weighted by Gasteiger charge is -2.15. The molecule has 17 heavy (non-hydrogen) atoms. The summed E-state index contributed by atoms with van der Waals surface area (Å²) < 4.78 is 4.63. The number of amides is 2. The van der Waals surface area contributed by atoms with E-state index in [0.29, 0.717) is 0 Å². The van der Waals surface area contributed by atoms with Gasteiger partial charge in [-0.25, -0.2) is 4.79 Å². The first kappa shape index (κ1) is 15.1. The van der Waals surface area contributed by atoms with Crippen LogP contribution in [0.25, 0.3) is 0 Å². The van der Waals surface area contributed by atoms with Crippen molar-refractivity contribution in [2.75, 3.05) is 13.2 Å². The van der Waals surface area contributed by atoms with Crippen molar-refractivity contribution in [1.29, 1.82) is 0 Å². The standard InChI is InChI=1S/C10H16N2O5/c1-4-17-10(16)8(12-7(3)14)9(15)11-5-6(2)13/h8H,4-5H2,1-3H3,(H,11,15)(H,12,14). The van der Waals surface area contributed by atoms with Crippen LogP contribution in [-0.2, 0) is 23.9 Å². The summed E-state index contributed by atoms with van der Waals surface area (Å²) in [7, 11) is 0. The predicted molar refractivity (Wildman–Crippen MR) is 57.9 cm³/mol. The normalized spacial score (nSPS) is 11.2. The molecule has 0 saturated carbocycles. The zero-order chi connectivity index (χ0) is 13.4. The topological polar surface area (TPSA) is 102 Å². The van der Waals surface area contributed by atoms with Gasteiger partial charge in [-0.1, -0.05) is 0 Å². The molecule has 2 N–H and O–H groups in total. The molecule has 2 amide bonds. The minimum absolute atomic E-state index is 0.0922. The number of nitrogens with one attached hydrogen (secondary N) is 2. The van der Waals surface area contributed by atoms with Gasteiger partial charge in [0.25, 0.3) is 5.91 Å². The number of rotatable bonds is 6. The van der Waals surface area contributed by atoms with E-state index in [4.69, 9.17) is 0 Å². The van der Waals surface area contributed by atoms with E-state index >= 15 is 0 Å². The van der Waals surface area contributed by atoms with Crippen molar-refractivity contribution in [2.45, 2.75) is 26.8 Å². The Balaban J connectivity index is 4.55. The molecular weight excluding hydrogens is 228 g/mol. The molecule has 0 saturated heterocycles. The zero-order valence-electron chi connectivity index (χ0n) is 10.0. The van der Waals surface area contributed by atoms with E-state index < -0.39 is 23.8 Å². The molecule has 0 rings (SSSR count). The van der Waals surface area contributed by atoms with Crippen molar-refractivity contribution in [3.05, 3.63) is 0 Å². The fourth-order valence-electron chi connectivity index (χ4n) is 0.974. The van der Waals surface area contributed by atoms with Crippen molar-refractivity contribution < 1.29 is 23.9 Å². The number of esters is 1. The highest BCUT2D eigenvalue weighted by molar-refractivity contribution is 6.05. The molecule has 7 heteroatoms. The van der Waals surface area contributed by atoms with Crippen molar-refractivity contribution in [1.82, 2.24) is 10.6 Å². The van der Waals surface area contributed by atoms with E-state index in [-0.39, 0.29) is 18.9 Å². The summed E-state index contributed by atoms with van der Waals surface area (Å²) in [5.41, 5.74) is 0. The van der Waals surface area contributed by atoms with Gasteiger partial charge in [0.2, 0.25) is 11.9 Å². The van der Waals surface area contributed by atoms with Gasteiger partial charge in [0.1, 0.15) is 5.78 Å². The highest BCUT2D eigenvalue weighted by Crippen LogP contribution is 1.91. The van der Waals surface area contributed by atoms with Gasteiger partial charge in [-0.2, -0.15) is 0 Å². The maximum absolute atomic E-state index is 11.5. The van der Waals surface area contributed by atoms with Gasteiger partial charge in [-0.15, -0.1) is 0 Å². The smallest absolute Gasteiger partial charge is 0.338 e. The SMILES string of the molecule is CCOC(=O)C(NC(C)=O)C(=O)NCC(C)=O. The molecule has 0 aliphatic carbocycles. The van der Waals surface area contributed by atoms with Gasteiger partial charge in [-0.05, 0) is 13.8 Å². The Kier molecular flexibility index (Phi) is 6.54. The van der Waals surface area contributed by atoms with Gasteiger partial charge in [0.05, 0.1) is 13.2 Å². The summed E-state index contributed by atoms with van der Waals surface area (Å²) in [6.45, 7) is 3.93. The summed E-state index contributed by atoms with van der Waals surface area (Å²) in [5.74, 6) is -2.43. The molecule has 0 bridgehead atoms. The lowest BCUT2D eigenvalue weighted by molar-refractivity contribution is -0.151. The third-order valence-electron chi connectivity index (χ3n) is 1.64. The maximum atomic E-state index is 11.5. The van der Waals surface area contributed by atoms with Gasteiger partial charge in [0, 0.05) is 6.92 Å². The minimum Gasteiger partial charge on any atom is -0.464 e. The molecule has 0 aliphatic rings. The molecule has 0 radical (unpaired) electrons. The van der Waals surface area contributed by atoms with Crippen LogP contribution in [0, 0.1) is 0 Å². The molecule has 1 unspecified atom stereocenters. The van der Waals surface area contributed by atoms with E-state index in [0.717, 1.165) is 0 Å². The summed E-state index contributed by atoms with van der Waals surface area (Å²) in [6, 6.07) is -1.42. The van der Waals surface area contributed by atoms with Crippen LogP contribution in [0.5, 0.6) is 0 Å². The van der Waals surface area contributed by atoms with E-state index in [1.54, 1.807) is 6.92 Å². The van der Waals surface area contributed by atoms with Crippen molar-refractivity contribution in [3.63, 3.8) is 0 Å². The second kappa shape index (κ2) is 7.37. The molecular formula is C10H16N2O5. The van der Waals surface area contributed by atoms with Crippen molar-refractivity contribution in [2.24, 2.45) is 0 Å². The van der Waals surface area contributed by atoms with Crippen LogP contribution < -0.4 is 10.6 Å². The minimum atomic E-state index is -1.42. The Morgan fingerprint density at radius 2 is 1.76 bits per heavy atom. The molecule has 7 nitrogen and oxygen atoms in total. The fraction of sp³-hybridized carbons (Fsp3) is 0.600. The highest BCUT2D eigenvalue weighted by Gasteiger charge is 2.28. The van der Waals surface area contributed by atoms with Crippen LogP contribution in [0.3, 0.4) is 0 Å². The molecule has 96 valence electrons. The van der Waals surface area contributed by atoms with Crippen molar-refractivity contribution >= 4 is 23.6 Å². The Morgan fingerprint density at radius 1 is 1.18 bits per heavy atom. The number of ether oxygens (including phenoxy) is 1. The Bertz CT molecular complexity index is 327. The number of ketones is 1. The molecule has 0 aromatic carbocycles. The monoisotopic (exact) mass is 244 g/mol. The Labute approximate surface area is 98.9 Å². The quantitative estimate of drug-likeness (QED) is 0.449. The first-order valence-corrected chi connectivity index (χ1v) is 5.09. The van der Waals surface area contributed by atoms with Gasteiger partial charge in [0.15, 0.2) is 0 Å². The molecule has 0 aromatic heterocycles. The summed E-state index contributed by atoms with van der Waals surface area (Å²) in [5, 5.41) is 4.37. The van der Waals surface area contributed by atoms with Crippen LogP contribution in [0.4, 0.5) is 0 Å². The van der Waals surface area contributed by atoms with E-state index in [1.807, 2.05) is 0 Å². The zero-order valence-corrected chi connectivity index (χ0v) is 10.0. The molecule has 0 aromatic rings. The third kappa shape index (κ3) is 6.29. The largest absolute Gasteiger partial charge is 0.464 e. The lowest BCUT2D eigenvalue weighted by Crippen LogP contribution is -2.52. The second-order valence-electron chi connectivity index (χ2n) is 3.31. The maximum Gasteiger partial charge on any atom is 0.338 e. The molecule has 0 spiro atoms. The molecule has 1 atom stereocenters. The van der Waals surface area contributed by atoms with E-state index in [1.165, 1.54) is 13.8 Å². The lowest BCUT2D eigenvalue weighted by atomic mass is 10.2. The van der Waals surface area contributed by atoms with Gasteiger partial charge >= 0.3 is 5.97 Å². The average Bonchev–Trinajstić information content (AvgIpc) is 2.22. The van der Waals surface area contributed by atoms with Crippen molar-refractivity contribution in [3.8, 4) is 0 Å². The second-order valence-corrected chi connectivity index (χ2v) is 3.31. The first-order valence-electron chi connectivity index (χ1n) is 5.09. The summed E-state index contributed by atoms with van der Waals surface area (Å²) in [4.78, 5) is 44.4. The molecule has 0 aliphatic heterocycles. The number of Topliss-reactive ketones (excluding diaryl/α,β-unsaturated/α-hetero) is 1. The first-order chi connectivity index (χ1) is 7.88. The number of carbonyl (C=O) groups is 4. The molecule has 0 fully saturated rings. The third-order valence-corrected chi connectivity index (χ3v) is 1.64. The average molecular weight is 244 g/mol. The Hall–Kier alpha value is -1.92. The number of hydrogen-bond donors (Lipinski definition) is 2. The van der Waals surface area contributed by atoms with E-state index in [2.05, 4.69) is 15.4 Å². The Morgan fingerprint density at radius 3 is 2.18 bits per heavy atom. The van der Waals surface area contributed by atoms with Gasteiger partial charge in [-0.3, -0.25) is 14.4 Å². The summed E-state index contributed by atoms with van der Waals surface area (Å²) in [6.07, 6.45) is 0. The predicted octanol–water partition coefficient (Wildman–Crippen LogP) is -1.24. The van der Waals surface area contributed by atoms with Crippen LogP contribution in [0.2, 0.25) is 0 Å². The number of hydrogen-bond acceptors (Lipinski definition) is 5. The van der Waals surface area contributed by atoms with Gasteiger partial charge < -0.3 is 15.4 Å². The molecule has 0 heterocycles. The fourth-order valence-corrected chi connectivity index (χ4v) is 0.974. The van der Waals surface area contributed by atoms with E-state index in [9.17, 15) is 19.2 Å².